The van der Waals surface area contributed by atoms with Crippen LogP contribution in [0.4, 0.5) is 0 Å². The Kier molecular flexibility index (Phi) is 6.21. The van der Waals surface area contributed by atoms with Crippen LogP contribution in [0.5, 0.6) is 0 Å². The lowest BCUT2D eigenvalue weighted by Gasteiger charge is -2.25. The number of rotatable bonds is 5. The number of hydrogen-bond donors (Lipinski definition) is 2. The normalized spacial score (nSPS) is 20.5. The summed E-state index contributed by atoms with van der Waals surface area (Å²) in [5.41, 5.74) is 2.10. The van der Waals surface area contributed by atoms with Crippen LogP contribution in [0.15, 0.2) is 24.3 Å². The Hall–Kier alpha value is -1.99. The highest BCUT2D eigenvalue weighted by Crippen LogP contribution is 2.21. The molecule has 2 atom stereocenters. The standard InChI is InChI=1S/C19H26N4O2S/c1-13-8-10-14(11-9-13)18-21-22-19(26)23(18)12-17(24)20-15-6-4-3-5-7-16(15)25-2/h8-11,15-16H,3-7,12H2,1-2H3,(H,20,24)(H,22,26). The van der Waals surface area contributed by atoms with Crippen molar-refractivity contribution in [2.45, 2.75) is 57.7 Å². The first kappa shape index (κ1) is 18.8. The molecule has 3 rings (SSSR count). The fourth-order valence-electron chi connectivity index (χ4n) is 3.50. The summed E-state index contributed by atoms with van der Waals surface area (Å²) in [4.78, 5) is 12.7. The zero-order chi connectivity index (χ0) is 18.5. The maximum absolute atomic E-state index is 12.7. The second-order valence-corrected chi connectivity index (χ2v) is 7.28. The Balaban J connectivity index is 1.74. The number of H-pyrrole nitrogens is 1. The van der Waals surface area contributed by atoms with Crippen molar-refractivity contribution in [3.05, 3.63) is 34.6 Å². The van der Waals surface area contributed by atoms with Gasteiger partial charge in [0.05, 0.1) is 12.1 Å². The molecule has 0 bridgehead atoms. The van der Waals surface area contributed by atoms with Gasteiger partial charge in [-0.2, -0.15) is 5.10 Å². The van der Waals surface area contributed by atoms with Crippen molar-refractivity contribution < 1.29 is 9.53 Å². The zero-order valence-corrected chi connectivity index (χ0v) is 16.1. The van der Waals surface area contributed by atoms with E-state index in [0.717, 1.165) is 31.2 Å². The Bertz CT molecular complexity index is 797. The van der Waals surface area contributed by atoms with Gasteiger partial charge in [-0.15, -0.1) is 0 Å². The van der Waals surface area contributed by atoms with Gasteiger partial charge in [-0.1, -0.05) is 49.1 Å². The average Bonchev–Trinajstić information content (AvgIpc) is 2.84. The number of ether oxygens (including phenoxy) is 1. The predicted octanol–water partition coefficient (Wildman–Crippen LogP) is 3.38. The van der Waals surface area contributed by atoms with Crippen molar-refractivity contribution >= 4 is 18.1 Å². The Labute approximate surface area is 159 Å². The van der Waals surface area contributed by atoms with Crippen LogP contribution in [0, 0.1) is 11.7 Å². The molecule has 0 spiro atoms. The molecule has 1 aromatic carbocycles. The Morgan fingerprint density at radius 2 is 2.04 bits per heavy atom. The molecule has 6 nitrogen and oxygen atoms in total. The number of carbonyl (C=O) groups excluding carboxylic acids is 1. The summed E-state index contributed by atoms with van der Waals surface area (Å²) in [5.74, 6) is 0.610. The Morgan fingerprint density at radius 3 is 2.77 bits per heavy atom. The number of nitrogens with zero attached hydrogens (tertiary/aromatic N) is 2. The minimum atomic E-state index is -0.0650. The van der Waals surface area contributed by atoms with Crippen molar-refractivity contribution in [2.75, 3.05) is 7.11 Å². The summed E-state index contributed by atoms with van der Waals surface area (Å²) in [5, 5.41) is 10.2. The van der Waals surface area contributed by atoms with E-state index in [-0.39, 0.29) is 24.6 Å². The van der Waals surface area contributed by atoms with E-state index in [1.165, 1.54) is 12.0 Å². The van der Waals surface area contributed by atoms with Gasteiger partial charge in [0.15, 0.2) is 10.6 Å². The number of hydrogen-bond acceptors (Lipinski definition) is 4. The van der Waals surface area contributed by atoms with Crippen LogP contribution in [0.25, 0.3) is 11.4 Å². The molecule has 0 radical (unpaired) electrons. The number of aromatic amines is 1. The predicted molar refractivity (Wildman–Crippen MR) is 103 cm³/mol. The van der Waals surface area contributed by atoms with Crippen LogP contribution in [-0.2, 0) is 16.1 Å². The number of aryl methyl sites for hydroxylation is 1. The van der Waals surface area contributed by atoms with E-state index in [9.17, 15) is 4.79 Å². The number of methoxy groups -OCH3 is 1. The van der Waals surface area contributed by atoms with Gasteiger partial charge >= 0.3 is 0 Å². The average molecular weight is 375 g/mol. The summed E-state index contributed by atoms with van der Waals surface area (Å²) < 4.78 is 7.78. The SMILES string of the molecule is COC1CCCCCC1NC(=O)Cn1c(-c2ccc(C)cc2)n[nH]c1=S. The first-order valence-electron chi connectivity index (χ1n) is 9.13. The molecule has 2 aromatic rings. The van der Waals surface area contributed by atoms with E-state index >= 15 is 0 Å². The molecule has 1 fully saturated rings. The van der Waals surface area contributed by atoms with Crippen LogP contribution in [0.3, 0.4) is 0 Å². The third-order valence-electron chi connectivity index (χ3n) is 4.97. The molecule has 1 amide bonds. The van der Waals surface area contributed by atoms with Crippen LogP contribution < -0.4 is 5.32 Å². The van der Waals surface area contributed by atoms with E-state index in [1.54, 1.807) is 11.7 Å². The van der Waals surface area contributed by atoms with Gasteiger partial charge in [0, 0.05) is 12.7 Å². The van der Waals surface area contributed by atoms with Crippen LogP contribution in [0.2, 0.25) is 0 Å². The number of amides is 1. The van der Waals surface area contributed by atoms with Gasteiger partial charge < -0.3 is 10.1 Å². The van der Waals surface area contributed by atoms with Crippen molar-refractivity contribution in [1.29, 1.82) is 0 Å². The molecule has 7 heteroatoms. The fourth-order valence-corrected chi connectivity index (χ4v) is 3.70. The quantitative estimate of drug-likeness (QED) is 0.622. The number of aromatic nitrogens is 3. The van der Waals surface area contributed by atoms with E-state index < -0.39 is 0 Å². The van der Waals surface area contributed by atoms with E-state index in [1.807, 2.05) is 31.2 Å². The highest BCUT2D eigenvalue weighted by atomic mass is 32.1. The summed E-state index contributed by atoms with van der Waals surface area (Å²) in [6.07, 6.45) is 5.47. The minimum absolute atomic E-state index is 0.0545. The molecular formula is C19H26N4O2S. The van der Waals surface area contributed by atoms with Gasteiger partial charge in [0.2, 0.25) is 5.91 Å². The summed E-state index contributed by atoms with van der Waals surface area (Å²) in [7, 11) is 1.72. The second-order valence-electron chi connectivity index (χ2n) is 6.89. The second kappa shape index (κ2) is 8.60. The van der Waals surface area contributed by atoms with Crippen molar-refractivity contribution in [2.24, 2.45) is 0 Å². The summed E-state index contributed by atoms with van der Waals surface area (Å²) >= 11 is 5.33. The molecule has 1 aromatic heterocycles. The van der Waals surface area contributed by atoms with Gasteiger partial charge in [0.25, 0.3) is 0 Å². The summed E-state index contributed by atoms with van der Waals surface area (Å²) in [6, 6.07) is 8.07. The number of carbonyl (C=O) groups is 1. The van der Waals surface area contributed by atoms with Gasteiger partial charge in [-0.3, -0.25) is 14.5 Å². The van der Waals surface area contributed by atoms with E-state index in [2.05, 4.69) is 15.5 Å². The minimum Gasteiger partial charge on any atom is -0.379 e. The molecule has 1 saturated carbocycles. The maximum atomic E-state index is 12.7. The lowest BCUT2D eigenvalue weighted by atomic mass is 10.1. The molecule has 0 saturated heterocycles. The van der Waals surface area contributed by atoms with E-state index in [4.69, 9.17) is 17.0 Å². The smallest absolute Gasteiger partial charge is 0.240 e. The maximum Gasteiger partial charge on any atom is 0.240 e. The fraction of sp³-hybridized carbons (Fsp3) is 0.526. The molecule has 140 valence electrons. The van der Waals surface area contributed by atoms with Crippen LogP contribution in [0.1, 0.15) is 37.7 Å². The topological polar surface area (TPSA) is 71.9 Å². The van der Waals surface area contributed by atoms with Crippen molar-refractivity contribution in [1.82, 2.24) is 20.1 Å². The molecule has 0 aliphatic heterocycles. The highest BCUT2D eigenvalue weighted by Gasteiger charge is 2.25. The molecule has 1 aliphatic carbocycles. The summed E-state index contributed by atoms with van der Waals surface area (Å²) in [6.45, 7) is 2.18. The lowest BCUT2D eigenvalue weighted by molar-refractivity contribution is -0.123. The van der Waals surface area contributed by atoms with Crippen LogP contribution in [-0.4, -0.2) is 39.9 Å². The first-order chi connectivity index (χ1) is 12.6. The van der Waals surface area contributed by atoms with Gasteiger partial charge in [-0.05, 0) is 32.0 Å². The number of benzene rings is 1. The molecule has 2 unspecified atom stereocenters. The van der Waals surface area contributed by atoms with Crippen molar-refractivity contribution in [3.63, 3.8) is 0 Å². The Morgan fingerprint density at radius 1 is 1.31 bits per heavy atom. The molecule has 1 heterocycles. The molecule has 2 N–H and O–H groups in total. The van der Waals surface area contributed by atoms with Gasteiger partial charge in [-0.25, -0.2) is 0 Å². The van der Waals surface area contributed by atoms with Crippen LogP contribution >= 0.6 is 12.2 Å². The lowest BCUT2D eigenvalue weighted by Crippen LogP contribution is -2.44. The van der Waals surface area contributed by atoms with Gasteiger partial charge in [0.1, 0.15) is 6.54 Å². The molecule has 1 aliphatic rings. The number of nitrogens with one attached hydrogen (secondary N) is 2. The highest BCUT2D eigenvalue weighted by molar-refractivity contribution is 7.71. The van der Waals surface area contributed by atoms with Crippen molar-refractivity contribution in [3.8, 4) is 11.4 Å². The molecular weight excluding hydrogens is 348 g/mol. The van der Waals surface area contributed by atoms with E-state index in [0.29, 0.717) is 10.6 Å². The monoisotopic (exact) mass is 374 g/mol. The third-order valence-corrected chi connectivity index (χ3v) is 5.28. The first-order valence-corrected chi connectivity index (χ1v) is 9.53. The largest absolute Gasteiger partial charge is 0.379 e. The zero-order valence-electron chi connectivity index (χ0n) is 15.3. The molecule has 26 heavy (non-hydrogen) atoms. The third kappa shape index (κ3) is 4.40.